The molecule has 0 unspecified atom stereocenters. The van der Waals surface area contributed by atoms with Crippen LogP contribution in [-0.4, -0.2) is 24.4 Å². The van der Waals surface area contributed by atoms with Crippen molar-refractivity contribution in [2.45, 2.75) is 13.0 Å². The number of carbonyl (C=O) groups excluding carboxylic acids is 1. The van der Waals surface area contributed by atoms with Crippen LogP contribution in [0.2, 0.25) is 4.34 Å². The van der Waals surface area contributed by atoms with Crippen molar-refractivity contribution < 1.29 is 13.6 Å². The van der Waals surface area contributed by atoms with Gasteiger partial charge in [0.05, 0.1) is 4.34 Å². The zero-order valence-electron chi connectivity index (χ0n) is 11.9. The molecule has 0 atom stereocenters. The Kier molecular flexibility index (Phi) is 5.88. The third-order valence-corrected chi connectivity index (χ3v) is 4.19. The average molecular weight is 345 g/mol. The van der Waals surface area contributed by atoms with Crippen LogP contribution in [0.5, 0.6) is 0 Å². The number of hydrogen-bond donors (Lipinski definition) is 1. The maximum Gasteiger partial charge on any atom is 0.225 e. The molecule has 22 heavy (non-hydrogen) atoms. The van der Waals surface area contributed by atoms with Crippen molar-refractivity contribution >= 4 is 34.5 Å². The lowest BCUT2D eigenvalue weighted by Crippen LogP contribution is -2.23. The Morgan fingerprint density at radius 3 is 2.68 bits per heavy atom. The molecule has 0 aliphatic rings. The molecule has 0 radical (unpaired) electrons. The second kappa shape index (κ2) is 7.67. The summed E-state index contributed by atoms with van der Waals surface area (Å²) in [5, 5.41) is 2.54. The molecule has 2 rings (SSSR count). The molecular weight excluding hydrogens is 330 g/mol. The Balaban J connectivity index is 1.78. The molecule has 1 N–H and O–H groups in total. The van der Waals surface area contributed by atoms with Gasteiger partial charge in [-0.15, -0.1) is 11.3 Å². The van der Waals surface area contributed by atoms with Crippen molar-refractivity contribution in [3.05, 3.63) is 51.2 Å². The van der Waals surface area contributed by atoms with E-state index in [-0.39, 0.29) is 18.0 Å². The Hall–Kier alpha value is -1.50. The molecule has 0 saturated heterocycles. The second-order valence-electron chi connectivity index (χ2n) is 4.87. The van der Waals surface area contributed by atoms with Gasteiger partial charge in [0.25, 0.3) is 0 Å². The van der Waals surface area contributed by atoms with Crippen LogP contribution in [0, 0.1) is 11.6 Å². The van der Waals surface area contributed by atoms with Crippen LogP contribution < -0.4 is 5.32 Å². The maximum absolute atomic E-state index is 13.0. The number of thiophene rings is 1. The fourth-order valence-corrected chi connectivity index (χ4v) is 3.04. The van der Waals surface area contributed by atoms with Crippen molar-refractivity contribution in [3.8, 4) is 0 Å². The molecule has 1 aromatic carbocycles. The van der Waals surface area contributed by atoms with E-state index in [1.807, 2.05) is 24.1 Å². The predicted octanol–water partition coefficient (Wildman–Crippen LogP) is 4.14. The van der Waals surface area contributed by atoms with Gasteiger partial charge in [0, 0.05) is 36.1 Å². The largest absolute Gasteiger partial charge is 0.326 e. The summed E-state index contributed by atoms with van der Waals surface area (Å²) in [7, 11) is 1.90. The Morgan fingerprint density at radius 2 is 2.05 bits per heavy atom. The number of carbonyl (C=O) groups is 1. The van der Waals surface area contributed by atoms with E-state index in [1.165, 1.54) is 17.4 Å². The summed E-state index contributed by atoms with van der Waals surface area (Å²) >= 11 is 7.37. The highest BCUT2D eigenvalue weighted by atomic mass is 35.5. The van der Waals surface area contributed by atoms with Crippen LogP contribution in [-0.2, 0) is 11.3 Å². The van der Waals surface area contributed by atoms with Gasteiger partial charge in [-0.25, -0.2) is 8.78 Å². The van der Waals surface area contributed by atoms with Gasteiger partial charge in [-0.05, 0) is 31.3 Å². The normalized spacial score (nSPS) is 11.0. The first-order chi connectivity index (χ1) is 10.4. The first kappa shape index (κ1) is 16.9. The number of anilines is 1. The standard InChI is InChI=1S/C15H15ClF2N2OS/c1-20(9-11-3-5-14(16)22-11)7-6-15(21)19-10-2-4-12(17)13(18)8-10/h2-5,8H,6-7,9H2,1H3,(H,19,21). The van der Waals surface area contributed by atoms with Crippen molar-refractivity contribution in [3.63, 3.8) is 0 Å². The summed E-state index contributed by atoms with van der Waals surface area (Å²) in [6, 6.07) is 7.06. The van der Waals surface area contributed by atoms with Crippen LogP contribution in [0.4, 0.5) is 14.5 Å². The molecular formula is C15H15ClF2N2OS. The molecule has 0 aliphatic heterocycles. The molecule has 0 aliphatic carbocycles. The number of rotatable bonds is 6. The smallest absolute Gasteiger partial charge is 0.225 e. The van der Waals surface area contributed by atoms with Gasteiger partial charge in [-0.1, -0.05) is 11.6 Å². The lowest BCUT2D eigenvalue weighted by atomic mass is 10.3. The second-order valence-corrected chi connectivity index (χ2v) is 6.67. The Morgan fingerprint density at radius 1 is 1.27 bits per heavy atom. The highest BCUT2D eigenvalue weighted by molar-refractivity contribution is 7.16. The number of nitrogens with zero attached hydrogens (tertiary/aromatic N) is 1. The van der Waals surface area contributed by atoms with E-state index in [1.54, 1.807) is 0 Å². The van der Waals surface area contributed by atoms with Gasteiger partial charge in [-0.3, -0.25) is 4.79 Å². The Bertz CT molecular complexity index is 663. The summed E-state index contributed by atoms with van der Waals surface area (Å²) in [6.45, 7) is 1.25. The Labute approximate surface area is 136 Å². The summed E-state index contributed by atoms with van der Waals surface area (Å²) in [5.74, 6) is -2.17. The van der Waals surface area contributed by atoms with Crippen molar-refractivity contribution in [2.75, 3.05) is 18.9 Å². The summed E-state index contributed by atoms with van der Waals surface area (Å²) in [4.78, 5) is 14.9. The van der Waals surface area contributed by atoms with Crippen LogP contribution in [0.25, 0.3) is 0 Å². The fourth-order valence-electron chi connectivity index (χ4n) is 1.87. The van der Waals surface area contributed by atoms with E-state index in [0.29, 0.717) is 13.1 Å². The maximum atomic E-state index is 13.0. The quantitative estimate of drug-likeness (QED) is 0.854. The van der Waals surface area contributed by atoms with E-state index in [9.17, 15) is 13.6 Å². The molecule has 0 bridgehead atoms. The summed E-state index contributed by atoms with van der Waals surface area (Å²) < 4.78 is 26.6. The van der Waals surface area contributed by atoms with E-state index in [2.05, 4.69) is 5.32 Å². The van der Waals surface area contributed by atoms with Crippen molar-refractivity contribution in [1.29, 1.82) is 0 Å². The van der Waals surface area contributed by atoms with E-state index >= 15 is 0 Å². The van der Waals surface area contributed by atoms with Crippen molar-refractivity contribution in [1.82, 2.24) is 4.90 Å². The van der Waals surface area contributed by atoms with Gasteiger partial charge < -0.3 is 10.2 Å². The summed E-state index contributed by atoms with van der Waals surface area (Å²) in [5.41, 5.74) is 0.247. The average Bonchev–Trinajstić information content (AvgIpc) is 2.86. The number of nitrogens with one attached hydrogen (secondary N) is 1. The van der Waals surface area contributed by atoms with E-state index < -0.39 is 11.6 Å². The van der Waals surface area contributed by atoms with Crippen LogP contribution >= 0.6 is 22.9 Å². The lowest BCUT2D eigenvalue weighted by Gasteiger charge is -2.15. The van der Waals surface area contributed by atoms with E-state index in [0.717, 1.165) is 21.3 Å². The van der Waals surface area contributed by atoms with Gasteiger partial charge in [-0.2, -0.15) is 0 Å². The zero-order valence-corrected chi connectivity index (χ0v) is 13.5. The lowest BCUT2D eigenvalue weighted by molar-refractivity contribution is -0.116. The molecule has 2 aromatic rings. The highest BCUT2D eigenvalue weighted by Gasteiger charge is 2.09. The molecule has 0 fully saturated rings. The molecule has 0 spiro atoms. The highest BCUT2D eigenvalue weighted by Crippen LogP contribution is 2.22. The molecule has 0 saturated carbocycles. The molecule has 3 nitrogen and oxygen atoms in total. The van der Waals surface area contributed by atoms with Gasteiger partial charge in [0.1, 0.15) is 0 Å². The number of amides is 1. The summed E-state index contributed by atoms with van der Waals surface area (Å²) in [6.07, 6.45) is 0.259. The van der Waals surface area contributed by atoms with Gasteiger partial charge in [0.15, 0.2) is 11.6 Å². The zero-order chi connectivity index (χ0) is 16.1. The number of benzene rings is 1. The molecule has 1 amide bonds. The van der Waals surface area contributed by atoms with Crippen LogP contribution in [0.15, 0.2) is 30.3 Å². The van der Waals surface area contributed by atoms with Gasteiger partial charge in [0.2, 0.25) is 5.91 Å². The monoisotopic (exact) mass is 344 g/mol. The first-order valence-electron chi connectivity index (χ1n) is 6.61. The predicted molar refractivity (Wildman–Crippen MR) is 85.3 cm³/mol. The van der Waals surface area contributed by atoms with Crippen LogP contribution in [0.1, 0.15) is 11.3 Å². The van der Waals surface area contributed by atoms with Crippen molar-refractivity contribution in [2.24, 2.45) is 0 Å². The SMILES string of the molecule is CN(CCC(=O)Nc1ccc(F)c(F)c1)Cc1ccc(Cl)s1. The molecule has 118 valence electrons. The minimum atomic E-state index is -0.982. The third-order valence-electron chi connectivity index (χ3n) is 2.98. The minimum absolute atomic E-state index is 0.247. The van der Waals surface area contributed by atoms with Crippen LogP contribution in [0.3, 0.4) is 0 Å². The minimum Gasteiger partial charge on any atom is -0.326 e. The molecule has 1 aromatic heterocycles. The topological polar surface area (TPSA) is 32.3 Å². The molecule has 7 heteroatoms. The number of hydrogen-bond acceptors (Lipinski definition) is 3. The number of halogens is 3. The van der Waals surface area contributed by atoms with E-state index in [4.69, 9.17) is 11.6 Å². The fraction of sp³-hybridized carbons (Fsp3) is 0.267. The van der Waals surface area contributed by atoms with Gasteiger partial charge >= 0.3 is 0 Å². The third kappa shape index (κ3) is 5.05. The first-order valence-corrected chi connectivity index (χ1v) is 7.81. The molecule has 1 heterocycles.